The molecule has 1 unspecified atom stereocenters. The molecule has 1 aromatic carbocycles. The zero-order chi connectivity index (χ0) is 18.5. The maximum Gasteiger partial charge on any atom is 0.217 e. The van der Waals surface area contributed by atoms with Crippen molar-refractivity contribution in [3.8, 4) is 11.6 Å². The third-order valence-corrected chi connectivity index (χ3v) is 3.95. The summed E-state index contributed by atoms with van der Waals surface area (Å²) in [6, 6.07) is 9.55. The lowest BCUT2D eigenvalue weighted by atomic mass is 10.1. The van der Waals surface area contributed by atoms with Crippen LogP contribution in [-0.4, -0.2) is 20.7 Å². The summed E-state index contributed by atoms with van der Waals surface area (Å²) in [5.74, 6) is 1.25. The largest absolute Gasteiger partial charge is 0.461 e. The van der Waals surface area contributed by atoms with E-state index in [1.807, 2.05) is 6.92 Å². The lowest BCUT2D eigenvalue weighted by molar-refractivity contribution is -0.119. The number of halogens is 1. The zero-order valence-electron chi connectivity index (χ0n) is 14.8. The Bertz CT molecular complexity index is 856. The second-order valence-corrected chi connectivity index (χ2v) is 6.10. The normalized spacial score (nSPS) is 12.1. The number of nitrogens with zero attached hydrogens (tertiary/aromatic N) is 3. The van der Waals surface area contributed by atoms with Crippen LogP contribution >= 0.6 is 0 Å². The summed E-state index contributed by atoms with van der Waals surface area (Å²) in [7, 11) is 0. The lowest BCUT2D eigenvalue weighted by Crippen LogP contribution is -2.28. The van der Waals surface area contributed by atoms with Crippen LogP contribution in [0.3, 0.4) is 0 Å². The maximum absolute atomic E-state index is 13.2. The van der Waals surface area contributed by atoms with Crippen LogP contribution in [0.25, 0.3) is 11.6 Å². The van der Waals surface area contributed by atoms with Crippen LogP contribution in [0.15, 0.2) is 47.1 Å². The van der Waals surface area contributed by atoms with Gasteiger partial charge in [-0.15, -0.1) is 5.10 Å². The van der Waals surface area contributed by atoms with Gasteiger partial charge in [-0.25, -0.2) is 14.1 Å². The number of carbonyl (C=O) groups excluding carboxylic acids is 1. The van der Waals surface area contributed by atoms with Gasteiger partial charge in [0.25, 0.3) is 0 Å². The van der Waals surface area contributed by atoms with Crippen molar-refractivity contribution < 1.29 is 13.6 Å². The molecular weight excluding hydrogens is 335 g/mol. The van der Waals surface area contributed by atoms with E-state index in [1.54, 1.807) is 35.2 Å². The van der Waals surface area contributed by atoms with E-state index in [4.69, 9.17) is 4.42 Å². The molecule has 1 N–H and O–H groups in total. The fourth-order valence-electron chi connectivity index (χ4n) is 2.80. The SMILES string of the molecule is CCCC(NC(C)=O)c1nc(-c2ccco2)nn1Cc1ccc(F)cc1. The lowest BCUT2D eigenvalue weighted by Gasteiger charge is -2.17. The van der Waals surface area contributed by atoms with E-state index in [1.165, 1.54) is 19.1 Å². The van der Waals surface area contributed by atoms with Crippen LogP contribution < -0.4 is 5.32 Å². The highest BCUT2D eigenvalue weighted by atomic mass is 19.1. The number of carbonyl (C=O) groups is 1. The molecular formula is C19H21FN4O2. The number of aromatic nitrogens is 3. The Morgan fingerprint density at radius 2 is 2.08 bits per heavy atom. The molecule has 0 saturated heterocycles. The summed E-state index contributed by atoms with van der Waals surface area (Å²) in [6.45, 7) is 3.95. The summed E-state index contributed by atoms with van der Waals surface area (Å²) in [6.07, 6.45) is 3.18. The van der Waals surface area contributed by atoms with Gasteiger partial charge in [0.05, 0.1) is 18.8 Å². The van der Waals surface area contributed by atoms with Gasteiger partial charge < -0.3 is 9.73 Å². The average molecular weight is 356 g/mol. The van der Waals surface area contributed by atoms with Crippen molar-refractivity contribution in [1.29, 1.82) is 0 Å². The number of hydrogen-bond acceptors (Lipinski definition) is 4. The van der Waals surface area contributed by atoms with E-state index >= 15 is 0 Å². The molecule has 0 fully saturated rings. The number of amides is 1. The smallest absolute Gasteiger partial charge is 0.217 e. The fraction of sp³-hybridized carbons (Fsp3) is 0.316. The Kier molecular flexibility index (Phi) is 5.46. The number of nitrogens with one attached hydrogen (secondary N) is 1. The van der Waals surface area contributed by atoms with Gasteiger partial charge in [0, 0.05) is 6.92 Å². The minimum Gasteiger partial charge on any atom is -0.461 e. The van der Waals surface area contributed by atoms with Crippen LogP contribution in [0.5, 0.6) is 0 Å². The molecule has 0 saturated carbocycles. The molecule has 0 bridgehead atoms. The van der Waals surface area contributed by atoms with Crippen molar-refractivity contribution in [2.45, 2.75) is 39.3 Å². The molecule has 7 heteroatoms. The van der Waals surface area contributed by atoms with Gasteiger partial charge in [-0.1, -0.05) is 25.5 Å². The average Bonchev–Trinajstić information content (AvgIpc) is 3.26. The van der Waals surface area contributed by atoms with E-state index in [0.717, 1.165) is 18.4 Å². The Balaban J connectivity index is 1.99. The predicted octanol–water partition coefficient (Wildman–Crippen LogP) is 3.70. The highest BCUT2D eigenvalue weighted by Gasteiger charge is 2.22. The number of rotatable bonds is 7. The van der Waals surface area contributed by atoms with Crippen LogP contribution in [0, 0.1) is 5.82 Å². The molecule has 0 aliphatic carbocycles. The molecule has 0 aliphatic rings. The van der Waals surface area contributed by atoms with Crippen LogP contribution in [0.1, 0.15) is 44.1 Å². The maximum atomic E-state index is 13.2. The van der Waals surface area contributed by atoms with E-state index in [9.17, 15) is 9.18 Å². The second-order valence-electron chi connectivity index (χ2n) is 6.10. The Hall–Kier alpha value is -2.96. The summed E-state index contributed by atoms with van der Waals surface area (Å²) in [4.78, 5) is 16.2. The van der Waals surface area contributed by atoms with Gasteiger partial charge in [0.1, 0.15) is 5.82 Å². The highest BCUT2D eigenvalue weighted by molar-refractivity contribution is 5.73. The molecule has 1 atom stereocenters. The first-order valence-electron chi connectivity index (χ1n) is 8.57. The van der Waals surface area contributed by atoms with E-state index in [-0.39, 0.29) is 17.8 Å². The third-order valence-electron chi connectivity index (χ3n) is 3.95. The van der Waals surface area contributed by atoms with Gasteiger partial charge in [0.15, 0.2) is 11.6 Å². The first-order chi connectivity index (χ1) is 12.6. The summed E-state index contributed by atoms with van der Waals surface area (Å²) in [5.41, 5.74) is 0.890. The van der Waals surface area contributed by atoms with Crippen molar-refractivity contribution in [3.05, 3.63) is 59.9 Å². The quantitative estimate of drug-likeness (QED) is 0.700. The Morgan fingerprint density at radius 1 is 1.31 bits per heavy atom. The molecule has 0 spiro atoms. The Morgan fingerprint density at radius 3 is 2.69 bits per heavy atom. The molecule has 3 rings (SSSR count). The Labute approximate surface area is 151 Å². The molecule has 6 nitrogen and oxygen atoms in total. The van der Waals surface area contributed by atoms with E-state index in [2.05, 4.69) is 15.4 Å². The zero-order valence-corrected chi connectivity index (χ0v) is 14.8. The van der Waals surface area contributed by atoms with E-state index in [0.29, 0.717) is 24.0 Å². The molecule has 2 aromatic heterocycles. The minimum absolute atomic E-state index is 0.126. The van der Waals surface area contributed by atoms with Crippen molar-refractivity contribution in [1.82, 2.24) is 20.1 Å². The monoisotopic (exact) mass is 356 g/mol. The van der Waals surface area contributed by atoms with Crippen LogP contribution in [-0.2, 0) is 11.3 Å². The number of furan rings is 1. The van der Waals surface area contributed by atoms with Gasteiger partial charge in [-0.2, -0.15) is 0 Å². The molecule has 0 radical (unpaired) electrons. The van der Waals surface area contributed by atoms with Gasteiger partial charge >= 0.3 is 0 Å². The van der Waals surface area contributed by atoms with Crippen LogP contribution in [0.2, 0.25) is 0 Å². The first kappa shape index (κ1) is 17.8. The summed E-state index contributed by atoms with van der Waals surface area (Å²) in [5, 5.41) is 7.49. The van der Waals surface area contributed by atoms with Gasteiger partial charge in [-0.05, 0) is 36.2 Å². The standard InChI is InChI=1S/C19H21FN4O2/c1-3-5-16(21-13(2)25)19-22-18(17-6-4-11-26-17)23-24(19)12-14-7-9-15(20)10-8-14/h4,6-11,16H,3,5,12H2,1-2H3,(H,21,25). The highest BCUT2D eigenvalue weighted by Crippen LogP contribution is 2.23. The molecule has 3 aromatic rings. The van der Waals surface area contributed by atoms with Crippen molar-refractivity contribution in [2.24, 2.45) is 0 Å². The topological polar surface area (TPSA) is 73.0 Å². The number of benzene rings is 1. The van der Waals surface area contributed by atoms with Crippen molar-refractivity contribution in [3.63, 3.8) is 0 Å². The van der Waals surface area contributed by atoms with Crippen LogP contribution in [0.4, 0.5) is 4.39 Å². The summed E-state index contributed by atoms with van der Waals surface area (Å²) >= 11 is 0. The van der Waals surface area contributed by atoms with Crippen molar-refractivity contribution >= 4 is 5.91 Å². The predicted molar refractivity (Wildman–Crippen MR) is 94.7 cm³/mol. The third kappa shape index (κ3) is 4.17. The molecule has 136 valence electrons. The summed E-state index contributed by atoms with van der Waals surface area (Å²) < 4.78 is 20.3. The minimum atomic E-state index is -0.286. The second kappa shape index (κ2) is 7.95. The molecule has 26 heavy (non-hydrogen) atoms. The van der Waals surface area contributed by atoms with E-state index < -0.39 is 0 Å². The van der Waals surface area contributed by atoms with Crippen molar-refractivity contribution in [2.75, 3.05) is 0 Å². The van der Waals surface area contributed by atoms with Gasteiger partial charge in [0.2, 0.25) is 11.7 Å². The fourth-order valence-corrected chi connectivity index (χ4v) is 2.80. The first-order valence-corrected chi connectivity index (χ1v) is 8.57. The van der Waals surface area contributed by atoms with Gasteiger partial charge in [-0.3, -0.25) is 4.79 Å². The molecule has 1 amide bonds. The number of hydrogen-bond donors (Lipinski definition) is 1. The molecule has 2 heterocycles. The molecule has 0 aliphatic heterocycles.